The Morgan fingerprint density at radius 2 is 2.00 bits per heavy atom. The number of para-hydroxylation sites is 1. The second-order valence-electron chi connectivity index (χ2n) is 5.02. The van der Waals surface area contributed by atoms with Gasteiger partial charge in [0, 0.05) is 5.56 Å². The highest BCUT2D eigenvalue weighted by atomic mass is 79.9. The second-order valence-corrected chi connectivity index (χ2v) is 6.14. The van der Waals surface area contributed by atoms with Crippen LogP contribution in [-0.2, 0) is 5.88 Å². The van der Waals surface area contributed by atoms with Crippen LogP contribution in [0.4, 0.5) is 0 Å². The zero-order chi connectivity index (χ0) is 12.2. The van der Waals surface area contributed by atoms with E-state index in [4.69, 9.17) is 16.3 Å². The van der Waals surface area contributed by atoms with Crippen molar-refractivity contribution in [2.45, 2.75) is 33.1 Å². The van der Waals surface area contributed by atoms with Crippen molar-refractivity contribution >= 4 is 27.5 Å². The predicted molar refractivity (Wildman–Crippen MR) is 73.3 cm³/mol. The van der Waals surface area contributed by atoms with Gasteiger partial charge in [0.25, 0.3) is 0 Å². The van der Waals surface area contributed by atoms with Gasteiger partial charge in [-0.3, -0.25) is 0 Å². The first-order valence-corrected chi connectivity index (χ1v) is 6.73. The maximum atomic E-state index is 5.87. The topological polar surface area (TPSA) is 9.23 Å². The highest BCUT2D eigenvalue weighted by molar-refractivity contribution is 9.10. The first-order valence-electron chi connectivity index (χ1n) is 5.40. The van der Waals surface area contributed by atoms with Crippen LogP contribution in [-0.4, -0.2) is 6.61 Å². The fraction of sp³-hybridized carbons (Fsp3) is 0.538. The minimum Gasteiger partial charge on any atom is -0.492 e. The fourth-order valence-corrected chi connectivity index (χ4v) is 2.01. The SMILES string of the molecule is CC(C)(C)CCOc1c(Br)cccc1CCl. The third-order valence-corrected chi connectivity index (χ3v) is 3.20. The van der Waals surface area contributed by atoms with E-state index in [2.05, 4.69) is 36.7 Å². The summed E-state index contributed by atoms with van der Waals surface area (Å²) in [6, 6.07) is 5.94. The van der Waals surface area contributed by atoms with E-state index < -0.39 is 0 Å². The van der Waals surface area contributed by atoms with Gasteiger partial charge in [-0.15, -0.1) is 11.6 Å². The van der Waals surface area contributed by atoms with Gasteiger partial charge in [-0.2, -0.15) is 0 Å². The number of hydrogen-bond acceptors (Lipinski definition) is 1. The molecule has 0 aromatic heterocycles. The maximum absolute atomic E-state index is 5.87. The molecular weight excluding hydrogens is 287 g/mol. The number of hydrogen-bond donors (Lipinski definition) is 0. The van der Waals surface area contributed by atoms with Crippen molar-refractivity contribution in [1.29, 1.82) is 0 Å². The van der Waals surface area contributed by atoms with Crippen LogP contribution in [0, 0.1) is 5.41 Å². The van der Waals surface area contributed by atoms with Crippen LogP contribution in [0.25, 0.3) is 0 Å². The molecule has 0 aliphatic heterocycles. The molecule has 0 heterocycles. The van der Waals surface area contributed by atoms with E-state index in [0.29, 0.717) is 11.3 Å². The second kappa shape index (κ2) is 5.92. The van der Waals surface area contributed by atoms with Crippen LogP contribution in [0.15, 0.2) is 22.7 Å². The Labute approximate surface area is 111 Å². The highest BCUT2D eigenvalue weighted by Crippen LogP contribution is 2.31. The molecule has 0 atom stereocenters. The van der Waals surface area contributed by atoms with Gasteiger partial charge < -0.3 is 4.74 Å². The smallest absolute Gasteiger partial charge is 0.137 e. The molecule has 1 nitrogen and oxygen atoms in total. The Morgan fingerprint density at radius 1 is 1.31 bits per heavy atom. The maximum Gasteiger partial charge on any atom is 0.137 e. The quantitative estimate of drug-likeness (QED) is 0.711. The van der Waals surface area contributed by atoms with Gasteiger partial charge in [0.05, 0.1) is 17.0 Å². The lowest BCUT2D eigenvalue weighted by Gasteiger charge is -2.19. The van der Waals surface area contributed by atoms with Gasteiger partial charge in [0.15, 0.2) is 0 Å². The third kappa shape index (κ3) is 4.34. The van der Waals surface area contributed by atoms with Gasteiger partial charge in [0.2, 0.25) is 0 Å². The van der Waals surface area contributed by atoms with E-state index in [0.717, 1.165) is 28.8 Å². The van der Waals surface area contributed by atoms with E-state index in [-0.39, 0.29) is 0 Å². The zero-order valence-electron chi connectivity index (χ0n) is 10.0. The minimum atomic E-state index is 0.294. The standard InChI is InChI=1S/C13H18BrClO/c1-13(2,3)7-8-16-12-10(9-15)5-4-6-11(12)14/h4-6H,7-9H2,1-3H3. The van der Waals surface area contributed by atoms with Crippen LogP contribution in [0.2, 0.25) is 0 Å². The van der Waals surface area contributed by atoms with Gasteiger partial charge >= 0.3 is 0 Å². The Hall–Kier alpha value is -0.210. The number of benzene rings is 1. The molecule has 0 bridgehead atoms. The first-order chi connectivity index (χ1) is 7.44. The van der Waals surface area contributed by atoms with E-state index in [9.17, 15) is 0 Å². The van der Waals surface area contributed by atoms with Gasteiger partial charge in [-0.1, -0.05) is 32.9 Å². The highest BCUT2D eigenvalue weighted by Gasteiger charge is 2.12. The van der Waals surface area contributed by atoms with Crippen molar-refractivity contribution in [3.8, 4) is 5.75 Å². The predicted octanol–water partition coefficient (Wildman–Crippen LogP) is 5.00. The summed E-state index contributed by atoms with van der Waals surface area (Å²) >= 11 is 9.36. The Kier molecular flexibility index (Phi) is 5.13. The van der Waals surface area contributed by atoms with E-state index >= 15 is 0 Å². The van der Waals surface area contributed by atoms with E-state index in [1.54, 1.807) is 0 Å². The first kappa shape index (κ1) is 13.9. The summed E-state index contributed by atoms with van der Waals surface area (Å²) in [6.45, 7) is 7.34. The van der Waals surface area contributed by atoms with Crippen molar-refractivity contribution in [3.63, 3.8) is 0 Å². The van der Waals surface area contributed by atoms with Crippen LogP contribution in [0.1, 0.15) is 32.8 Å². The molecule has 0 radical (unpaired) electrons. The van der Waals surface area contributed by atoms with Gasteiger partial charge in [0.1, 0.15) is 5.75 Å². The molecule has 1 aromatic carbocycles. The lowest BCUT2D eigenvalue weighted by Crippen LogP contribution is -2.11. The van der Waals surface area contributed by atoms with Crippen molar-refractivity contribution < 1.29 is 4.74 Å². The van der Waals surface area contributed by atoms with Crippen LogP contribution in [0.5, 0.6) is 5.75 Å². The summed E-state index contributed by atoms with van der Waals surface area (Å²) in [4.78, 5) is 0. The average Bonchev–Trinajstić information content (AvgIpc) is 2.18. The van der Waals surface area contributed by atoms with Gasteiger partial charge in [-0.05, 0) is 33.8 Å². The fourth-order valence-electron chi connectivity index (χ4n) is 1.28. The van der Waals surface area contributed by atoms with Crippen LogP contribution < -0.4 is 4.74 Å². The molecule has 0 saturated carbocycles. The molecule has 1 aromatic rings. The normalized spacial score (nSPS) is 11.6. The molecule has 0 N–H and O–H groups in total. The lowest BCUT2D eigenvalue weighted by molar-refractivity contribution is 0.240. The van der Waals surface area contributed by atoms with E-state index in [1.165, 1.54) is 0 Å². The molecule has 3 heteroatoms. The van der Waals surface area contributed by atoms with Crippen molar-refractivity contribution in [3.05, 3.63) is 28.2 Å². The summed E-state index contributed by atoms with van der Waals surface area (Å²) in [5, 5.41) is 0. The molecule has 0 saturated heterocycles. The largest absolute Gasteiger partial charge is 0.492 e. The number of rotatable bonds is 4. The third-order valence-electron chi connectivity index (χ3n) is 2.29. The van der Waals surface area contributed by atoms with Crippen molar-refractivity contribution in [1.82, 2.24) is 0 Å². The summed E-state index contributed by atoms with van der Waals surface area (Å²) in [6.07, 6.45) is 1.02. The van der Waals surface area contributed by atoms with Crippen LogP contribution >= 0.6 is 27.5 Å². The Bertz CT molecular complexity index is 344. The van der Waals surface area contributed by atoms with Crippen LogP contribution in [0.3, 0.4) is 0 Å². The molecule has 90 valence electrons. The number of ether oxygens (including phenoxy) is 1. The molecule has 0 aliphatic carbocycles. The molecule has 0 spiro atoms. The van der Waals surface area contributed by atoms with Crippen molar-refractivity contribution in [2.75, 3.05) is 6.61 Å². The molecule has 1 rings (SSSR count). The summed E-state index contributed by atoms with van der Waals surface area (Å²) in [5.74, 6) is 1.35. The summed E-state index contributed by atoms with van der Waals surface area (Å²) in [5.41, 5.74) is 1.33. The minimum absolute atomic E-state index is 0.294. The molecule has 0 aliphatic rings. The molecule has 0 fully saturated rings. The molecule has 0 amide bonds. The Balaban J connectivity index is 2.66. The Morgan fingerprint density at radius 3 is 2.56 bits per heavy atom. The number of halogens is 2. The summed E-state index contributed by atoms with van der Waals surface area (Å²) in [7, 11) is 0. The molecule has 0 unspecified atom stereocenters. The molecular formula is C13H18BrClO. The monoisotopic (exact) mass is 304 g/mol. The average molecular weight is 306 g/mol. The zero-order valence-corrected chi connectivity index (χ0v) is 12.4. The van der Waals surface area contributed by atoms with Gasteiger partial charge in [-0.25, -0.2) is 0 Å². The lowest BCUT2D eigenvalue weighted by atomic mass is 9.93. The molecule has 16 heavy (non-hydrogen) atoms. The van der Waals surface area contributed by atoms with Crippen molar-refractivity contribution in [2.24, 2.45) is 5.41 Å². The summed E-state index contributed by atoms with van der Waals surface area (Å²) < 4.78 is 6.78. The number of alkyl halides is 1. The van der Waals surface area contributed by atoms with E-state index in [1.807, 2.05) is 18.2 Å².